The molecule has 31 heavy (non-hydrogen) atoms. The van der Waals surface area contributed by atoms with Crippen molar-refractivity contribution in [2.45, 2.75) is 31.7 Å². The van der Waals surface area contributed by atoms with E-state index in [2.05, 4.69) is 16.2 Å². The molecular weight excluding hydrogens is 423 g/mol. The van der Waals surface area contributed by atoms with Gasteiger partial charge in [-0.05, 0) is 30.2 Å². The van der Waals surface area contributed by atoms with Crippen LogP contribution in [0, 0.1) is 18.2 Å². The lowest BCUT2D eigenvalue weighted by atomic mass is 10.0. The first-order valence-electron chi connectivity index (χ1n) is 9.78. The Bertz CT molecular complexity index is 1170. The fraction of sp³-hybridized carbons (Fsp3) is 0.381. The summed E-state index contributed by atoms with van der Waals surface area (Å²) in [5.41, 5.74) is 2.24. The van der Waals surface area contributed by atoms with Crippen LogP contribution >= 0.6 is 0 Å². The maximum Gasteiger partial charge on any atom is 0.187 e. The van der Waals surface area contributed by atoms with E-state index < -0.39 is 21.9 Å². The predicted molar refractivity (Wildman–Crippen MR) is 112 cm³/mol. The molecule has 3 heterocycles. The van der Waals surface area contributed by atoms with Crippen LogP contribution in [0.25, 0.3) is 5.57 Å². The number of carbonyl (C=O) groups is 1. The lowest BCUT2D eigenvalue weighted by molar-refractivity contribution is -0.117. The second-order valence-electron chi connectivity index (χ2n) is 7.51. The molecule has 1 saturated heterocycles. The van der Waals surface area contributed by atoms with Gasteiger partial charge in [0.15, 0.2) is 22.4 Å². The van der Waals surface area contributed by atoms with E-state index in [9.17, 15) is 17.6 Å². The van der Waals surface area contributed by atoms with Crippen molar-refractivity contribution in [3.63, 3.8) is 0 Å². The molecule has 2 atom stereocenters. The van der Waals surface area contributed by atoms with Crippen LogP contribution in [0.4, 0.5) is 10.1 Å². The van der Waals surface area contributed by atoms with Gasteiger partial charge in [0.2, 0.25) is 0 Å². The van der Waals surface area contributed by atoms with Crippen molar-refractivity contribution in [3.8, 4) is 12.3 Å². The molecule has 0 bridgehead atoms. The third-order valence-electron chi connectivity index (χ3n) is 5.31. The second kappa shape index (κ2) is 8.61. The molecule has 4 rings (SSSR count). The fourth-order valence-electron chi connectivity index (χ4n) is 3.78. The van der Waals surface area contributed by atoms with Gasteiger partial charge in [-0.25, -0.2) is 17.5 Å². The van der Waals surface area contributed by atoms with Gasteiger partial charge in [-0.3, -0.25) is 4.79 Å². The van der Waals surface area contributed by atoms with E-state index in [1.165, 1.54) is 6.07 Å². The zero-order valence-electron chi connectivity index (χ0n) is 16.6. The number of halogens is 1. The van der Waals surface area contributed by atoms with Gasteiger partial charge < -0.3 is 9.64 Å². The molecule has 0 radical (unpaired) electrons. The van der Waals surface area contributed by atoms with E-state index in [0.717, 1.165) is 0 Å². The van der Waals surface area contributed by atoms with Gasteiger partial charge >= 0.3 is 0 Å². The molecule has 0 spiro atoms. The molecule has 0 N–H and O–H groups in total. The summed E-state index contributed by atoms with van der Waals surface area (Å²) in [5.74, 6) is 1.97. The number of carbonyl (C=O) groups excluding carboxylic acids is 1. The summed E-state index contributed by atoms with van der Waals surface area (Å²) in [6.45, 7) is 0.744. The minimum Gasteiger partial charge on any atom is -0.344 e. The molecule has 2 aliphatic heterocycles. The Hall–Kier alpha value is -3.03. The van der Waals surface area contributed by atoms with Gasteiger partial charge in [0.05, 0.1) is 36.3 Å². The van der Waals surface area contributed by atoms with Crippen molar-refractivity contribution in [1.29, 1.82) is 0 Å². The number of terminal acetylenes is 1. The van der Waals surface area contributed by atoms with Gasteiger partial charge in [-0.2, -0.15) is 0 Å². The number of anilines is 1. The number of hydrogen-bond donors (Lipinski definition) is 0. The Labute approximate surface area is 179 Å². The average molecular weight is 444 g/mol. The highest BCUT2D eigenvalue weighted by Gasteiger charge is 2.34. The molecule has 1 unspecified atom stereocenters. The van der Waals surface area contributed by atoms with Crippen molar-refractivity contribution in [3.05, 3.63) is 47.5 Å². The molecule has 2 aliphatic rings. The minimum absolute atomic E-state index is 0.0141. The Morgan fingerprint density at radius 2 is 2.23 bits per heavy atom. The highest BCUT2D eigenvalue weighted by atomic mass is 32.2. The molecule has 0 aliphatic carbocycles. The van der Waals surface area contributed by atoms with Crippen LogP contribution < -0.4 is 4.90 Å². The van der Waals surface area contributed by atoms with E-state index in [4.69, 9.17) is 11.2 Å². The van der Waals surface area contributed by atoms with E-state index in [1.807, 2.05) is 0 Å². The summed E-state index contributed by atoms with van der Waals surface area (Å²) in [6.07, 6.45) is 8.71. The monoisotopic (exact) mass is 444 g/mol. The standard InChI is InChI=1S/C21H21FN4O4S/c1-2-3-16-11-25(24-23-16)12-18-13-26(21(14-27)30-18)17-4-5-19(20(22)10-17)15-6-8-31(28,29)9-7-15/h1,4-6,10-11,14,18,21H,3,7-9,12-13H2/t18-,21?/m0/s1. The average Bonchev–Trinajstić information content (AvgIpc) is 3.35. The van der Waals surface area contributed by atoms with Crippen molar-refractivity contribution < 1.29 is 22.3 Å². The van der Waals surface area contributed by atoms with Crippen LogP contribution in [0.2, 0.25) is 0 Å². The molecule has 0 saturated carbocycles. The molecule has 162 valence electrons. The van der Waals surface area contributed by atoms with E-state index in [-0.39, 0.29) is 24.0 Å². The largest absolute Gasteiger partial charge is 0.344 e. The van der Waals surface area contributed by atoms with E-state index >= 15 is 0 Å². The Kier molecular flexibility index (Phi) is 5.89. The molecule has 1 aromatic heterocycles. The number of allylic oxidation sites excluding steroid dienone is 1. The molecule has 0 amide bonds. The van der Waals surface area contributed by atoms with Gasteiger partial charge in [-0.15, -0.1) is 17.4 Å². The van der Waals surface area contributed by atoms with Crippen molar-refractivity contribution >= 4 is 27.4 Å². The summed E-state index contributed by atoms with van der Waals surface area (Å²) < 4.78 is 45.4. The SMILES string of the molecule is C#CCc1cn(C[C@H]2CN(c3ccc(C4=CCS(=O)(=O)CC4)c(F)c3)C(C=O)O2)nn1. The lowest BCUT2D eigenvalue weighted by Gasteiger charge is -2.22. The number of aromatic nitrogens is 3. The Morgan fingerprint density at radius 1 is 1.39 bits per heavy atom. The summed E-state index contributed by atoms with van der Waals surface area (Å²) in [5, 5.41) is 7.99. The summed E-state index contributed by atoms with van der Waals surface area (Å²) >= 11 is 0. The third kappa shape index (κ3) is 4.68. The summed E-state index contributed by atoms with van der Waals surface area (Å²) in [4.78, 5) is 13.2. The molecule has 10 heteroatoms. The smallest absolute Gasteiger partial charge is 0.187 e. The van der Waals surface area contributed by atoms with Gasteiger partial charge in [0.1, 0.15) is 5.82 Å². The van der Waals surface area contributed by atoms with Crippen LogP contribution in [-0.4, -0.2) is 60.1 Å². The van der Waals surface area contributed by atoms with E-state index in [1.54, 1.807) is 34.0 Å². The predicted octanol–water partition coefficient (Wildman–Crippen LogP) is 1.23. The summed E-state index contributed by atoms with van der Waals surface area (Å²) in [6, 6.07) is 4.68. The van der Waals surface area contributed by atoms with Crippen molar-refractivity contribution in [1.82, 2.24) is 15.0 Å². The molecular formula is C21H21FN4O4S. The normalized spacial score (nSPS) is 22.7. The number of nitrogens with zero attached hydrogens (tertiary/aromatic N) is 4. The number of benzene rings is 1. The quantitative estimate of drug-likeness (QED) is 0.489. The number of sulfone groups is 1. The lowest BCUT2D eigenvalue weighted by Crippen LogP contribution is -2.31. The van der Waals surface area contributed by atoms with E-state index in [0.29, 0.717) is 48.3 Å². The Morgan fingerprint density at radius 3 is 2.90 bits per heavy atom. The van der Waals surface area contributed by atoms with Crippen LogP contribution in [0.5, 0.6) is 0 Å². The van der Waals surface area contributed by atoms with Crippen molar-refractivity contribution in [2.24, 2.45) is 0 Å². The van der Waals surface area contributed by atoms with Crippen LogP contribution in [0.15, 0.2) is 30.5 Å². The van der Waals surface area contributed by atoms with Gasteiger partial charge in [-0.1, -0.05) is 11.3 Å². The molecule has 1 fully saturated rings. The first-order valence-corrected chi connectivity index (χ1v) is 11.6. The first-order chi connectivity index (χ1) is 14.9. The topological polar surface area (TPSA) is 94.4 Å². The maximum atomic E-state index is 14.8. The van der Waals surface area contributed by atoms with Crippen LogP contribution in [0.3, 0.4) is 0 Å². The van der Waals surface area contributed by atoms with Gasteiger partial charge in [0, 0.05) is 24.0 Å². The number of rotatable bonds is 6. The number of aldehydes is 1. The first kappa shape index (κ1) is 21.2. The molecule has 1 aromatic carbocycles. The minimum atomic E-state index is -3.09. The van der Waals surface area contributed by atoms with Crippen LogP contribution in [-0.2, 0) is 32.3 Å². The number of ether oxygens (including phenoxy) is 1. The fourth-order valence-corrected chi connectivity index (χ4v) is 4.94. The zero-order valence-corrected chi connectivity index (χ0v) is 17.5. The highest BCUT2D eigenvalue weighted by molar-refractivity contribution is 7.91. The van der Waals surface area contributed by atoms with Gasteiger partial charge in [0.25, 0.3) is 0 Å². The highest BCUT2D eigenvalue weighted by Crippen LogP contribution is 2.31. The molecule has 2 aromatic rings. The second-order valence-corrected chi connectivity index (χ2v) is 9.74. The zero-order chi connectivity index (χ0) is 22.0. The maximum absolute atomic E-state index is 14.8. The van der Waals surface area contributed by atoms with Crippen LogP contribution in [0.1, 0.15) is 17.7 Å². The molecule has 8 nitrogen and oxygen atoms in total. The van der Waals surface area contributed by atoms with Crippen molar-refractivity contribution in [2.75, 3.05) is 23.0 Å². The Balaban J connectivity index is 1.49. The summed E-state index contributed by atoms with van der Waals surface area (Å²) in [7, 11) is -3.09. The number of hydrogen-bond acceptors (Lipinski definition) is 7. The third-order valence-corrected chi connectivity index (χ3v) is 6.81.